The highest BCUT2D eigenvalue weighted by molar-refractivity contribution is 6.32. The van der Waals surface area contributed by atoms with Crippen molar-refractivity contribution in [1.82, 2.24) is 19.9 Å². The van der Waals surface area contributed by atoms with Crippen LogP contribution in [0, 0.1) is 0 Å². The minimum absolute atomic E-state index is 0.665. The fourth-order valence-electron chi connectivity index (χ4n) is 6.57. The minimum atomic E-state index is 0.665. The summed E-state index contributed by atoms with van der Waals surface area (Å²) in [6.07, 6.45) is 1.87. The van der Waals surface area contributed by atoms with Crippen LogP contribution in [0.3, 0.4) is 0 Å². The van der Waals surface area contributed by atoms with E-state index in [1.807, 2.05) is 54.7 Å². The van der Waals surface area contributed by atoms with Gasteiger partial charge in [-0.25, -0.2) is 15.0 Å². The van der Waals surface area contributed by atoms with Crippen molar-refractivity contribution in [2.24, 2.45) is 0 Å². The number of nitrogens with zero attached hydrogens (tertiary/aromatic N) is 4. The molecule has 0 bridgehead atoms. The van der Waals surface area contributed by atoms with Crippen molar-refractivity contribution in [2.45, 2.75) is 0 Å². The molecule has 0 N–H and O–H groups in total. The third kappa shape index (κ3) is 4.31. The third-order valence-corrected chi connectivity index (χ3v) is 8.69. The van der Waals surface area contributed by atoms with E-state index in [0.717, 1.165) is 77.3 Å². The van der Waals surface area contributed by atoms with Gasteiger partial charge in [0.15, 0.2) is 5.82 Å². The van der Waals surface area contributed by atoms with Crippen LogP contribution in [0.4, 0.5) is 0 Å². The van der Waals surface area contributed by atoms with Crippen LogP contribution in [0.1, 0.15) is 0 Å². The Morgan fingerprint density at radius 2 is 0.957 bits per heavy atom. The average molecular weight is 587 g/mol. The monoisotopic (exact) mass is 586 g/mol. The van der Waals surface area contributed by atoms with E-state index in [0.29, 0.717) is 5.82 Å². The number of hydrogen-bond acceptors (Lipinski definition) is 4. The van der Waals surface area contributed by atoms with Gasteiger partial charge in [0.2, 0.25) is 0 Å². The van der Waals surface area contributed by atoms with Crippen molar-refractivity contribution in [3.05, 3.63) is 158 Å². The highest BCUT2D eigenvalue weighted by Crippen LogP contribution is 2.42. The molecule has 4 nitrogen and oxygen atoms in total. The molecule has 0 radical (unpaired) electrons. The molecule has 9 rings (SSSR count). The Labute approximate surface area is 265 Å². The third-order valence-electron chi connectivity index (χ3n) is 8.69. The van der Waals surface area contributed by atoms with Gasteiger partial charge in [-0.2, -0.15) is 0 Å². The fourth-order valence-corrected chi connectivity index (χ4v) is 6.57. The average Bonchev–Trinajstić information content (AvgIpc) is 3.15. The molecule has 0 aliphatic carbocycles. The van der Waals surface area contributed by atoms with Gasteiger partial charge in [-0.15, -0.1) is 0 Å². The summed E-state index contributed by atoms with van der Waals surface area (Å²) in [4.78, 5) is 20.4. The standard InChI is InChI=1S/C42H26N4/c1-4-13-27(14-5-1)35-26-36(28-15-6-2-7-16-28)46-42(45-35)30-22-23-33-37(25-30)44-40(29-17-8-3-9-18-29)39-34-21-12-24-43-41(34)32-20-11-10-19-31(32)38(33)39/h1-26H. The Morgan fingerprint density at radius 1 is 0.370 bits per heavy atom. The minimum Gasteiger partial charge on any atom is -0.256 e. The van der Waals surface area contributed by atoms with Gasteiger partial charge in [0, 0.05) is 55.4 Å². The first-order valence-corrected chi connectivity index (χ1v) is 15.4. The van der Waals surface area contributed by atoms with E-state index in [1.165, 1.54) is 5.39 Å². The van der Waals surface area contributed by atoms with Crippen LogP contribution in [0.5, 0.6) is 0 Å². The number of benzene rings is 6. The zero-order valence-corrected chi connectivity index (χ0v) is 24.8. The highest BCUT2D eigenvalue weighted by Gasteiger charge is 2.19. The Hall–Kier alpha value is -6.26. The quantitative estimate of drug-likeness (QED) is 0.193. The first kappa shape index (κ1) is 26.2. The van der Waals surface area contributed by atoms with E-state index < -0.39 is 0 Å². The molecule has 0 spiro atoms. The SMILES string of the molecule is c1ccc(-c2cc(-c3ccccc3)nc(-c3ccc4c(c3)nc(-c3ccccc3)c3c5cccnc5c5ccccc5c43)n2)cc1. The van der Waals surface area contributed by atoms with Crippen LogP contribution < -0.4 is 0 Å². The molecule has 3 aromatic heterocycles. The van der Waals surface area contributed by atoms with Crippen molar-refractivity contribution in [1.29, 1.82) is 0 Å². The molecule has 0 saturated heterocycles. The van der Waals surface area contributed by atoms with Gasteiger partial charge in [0.1, 0.15) is 0 Å². The second-order valence-corrected chi connectivity index (χ2v) is 11.4. The molecule has 0 aliphatic rings. The van der Waals surface area contributed by atoms with Crippen molar-refractivity contribution in [2.75, 3.05) is 0 Å². The van der Waals surface area contributed by atoms with Crippen LogP contribution in [-0.2, 0) is 0 Å². The van der Waals surface area contributed by atoms with Crippen molar-refractivity contribution >= 4 is 43.4 Å². The van der Waals surface area contributed by atoms with Crippen LogP contribution in [-0.4, -0.2) is 19.9 Å². The Morgan fingerprint density at radius 3 is 1.63 bits per heavy atom. The molecular weight excluding hydrogens is 560 g/mol. The number of pyridine rings is 2. The molecule has 0 amide bonds. The molecule has 0 saturated carbocycles. The Kier molecular flexibility index (Phi) is 6.10. The predicted molar refractivity (Wildman–Crippen MR) is 189 cm³/mol. The summed E-state index contributed by atoms with van der Waals surface area (Å²) in [6.45, 7) is 0. The highest BCUT2D eigenvalue weighted by atomic mass is 14.9. The molecule has 0 fully saturated rings. The topological polar surface area (TPSA) is 51.6 Å². The Bertz CT molecular complexity index is 2510. The van der Waals surface area contributed by atoms with Gasteiger partial charge in [-0.1, -0.05) is 133 Å². The molecule has 9 aromatic rings. The summed E-state index contributed by atoms with van der Waals surface area (Å²) in [5.74, 6) is 0.665. The molecule has 214 valence electrons. The van der Waals surface area contributed by atoms with Crippen molar-refractivity contribution in [3.63, 3.8) is 0 Å². The molecule has 0 unspecified atom stereocenters. The van der Waals surface area contributed by atoms with E-state index in [-0.39, 0.29) is 0 Å². The van der Waals surface area contributed by atoms with Gasteiger partial charge in [0.25, 0.3) is 0 Å². The number of fused-ring (bicyclic) bond motifs is 8. The van der Waals surface area contributed by atoms with Crippen LogP contribution in [0.25, 0.3) is 88.5 Å². The van der Waals surface area contributed by atoms with Crippen LogP contribution in [0.15, 0.2) is 158 Å². The summed E-state index contributed by atoms with van der Waals surface area (Å²) in [5, 5.41) is 6.77. The second kappa shape index (κ2) is 10.7. The van der Waals surface area contributed by atoms with Crippen molar-refractivity contribution in [3.8, 4) is 45.2 Å². The zero-order valence-electron chi connectivity index (χ0n) is 24.8. The molecule has 4 heteroatoms. The van der Waals surface area contributed by atoms with Crippen LogP contribution in [0.2, 0.25) is 0 Å². The van der Waals surface area contributed by atoms with Crippen LogP contribution >= 0.6 is 0 Å². The fraction of sp³-hybridized carbons (Fsp3) is 0. The molecule has 3 heterocycles. The summed E-state index contributed by atoms with van der Waals surface area (Å²) >= 11 is 0. The van der Waals surface area contributed by atoms with Gasteiger partial charge in [-0.05, 0) is 23.6 Å². The Balaban J connectivity index is 1.36. The molecule has 0 atom stereocenters. The molecular formula is C42H26N4. The largest absolute Gasteiger partial charge is 0.256 e. The van der Waals surface area contributed by atoms with E-state index in [1.54, 1.807) is 0 Å². The normalized spacial score (nSPS) is 11.5. The van der Waals surface area contributed by atoms with E-state index >= 15 is 0 Å². The van der Waals surface area contributed by atoms with Gasteiger partial charge in [-0.3, -0.25) is 4.98 Å². The lowest BCUT2D eigenvalue weighted by Gasteiger charge is -2.16. The zero-order chi connectivity index (χ0) is 30.5. The van der Waals surface area contributed by atoms with Gasteiger partial charge in [0.05, 0.1) is 28.1 Å². The lowest BCUT2D eigenvalue weighted by Crippen LogP contribution is -1.97. The first-order valence-electron chi connectivity index (χ1n) is 15.4. The second-order valence-electron chi connectivity index (χ2n) is 11.4. The maximum Gasteiger partial charge on any atom is 0.160 e. The summed E-state index contributed by atoms with van der Waals surface area (Å²) < 4.78 is 0. The predicted octanol–water partition coefficient (Wildman–Crippen LogP) is 10.5. The van der Waals surface area contributed by atoms with Gasteiger partial charge >= 0.3 is 0 Å². The lowest BCUT2D eigenvalue weighted by atomic mass is 9.91. The molecule has 0 aliphatic heterocycles. The maximum absolute atomic E-state index is 5.39. The van der Waals surface area contributed by atoms with E-state index in [2.05, 4.69) is 103 Å². The van der Waals surface area contributed by atoms with Crippen molar-refractivity contribution < 1.29 is 0 Å². The molecule has 6 aromatic carbocycles. The number of rotatable bonds is 4. The number of aromatic nitrogens is 4. The lowest BCUT2D eigenvalue weighted by molar-refractivity contribution is 1.18. The first-order chi connectivity index (χ1) is 22.8. The van der Waals surface area contributed by atoms with E-state index in [4.69, 9.17) is 19.9 Å². The summed E-state index contributed by atoms with van der Waals surface area (Å²) in [6, 6.07) is 52.3. The molecule has 46 heavy (non-hydrogen) atoms. The van der Waals surface area contributed by atoms with Gasteiger partial charge < -0.3 is 0 Å². The number of hydrogen-bond donors (Lipinski definition) is 0. The van der Waals surface area contributed by atoms with E-state index in [9.17, 15) is 0 Å². The summed E-state index contributed by atoms with van der Waals surface area (Å²) in [5.41, 5.74) is 8.66. The summed E-state index contributed by atoms with van der Waals surface area (Å²) in [7, 11) is 0. The maximum atomic E-state index is 5.39. The smallest absolute Gasteiger partial charge is 0.160 e.